The van der Waals surface area contributed by atoms with Crippen LogP contribution >= 0.6 is 0 Å². The van der Waals surface area contributed by atoms with Crippen LogP contribution in [0.3, 0.4) is 0 Å². The molecule has 34 heavy (non-hydrogen) atoms. The van der Waals surface area contributed by atoms with Crippen LogP contribution in [0, 0.1) is 6.92 Å². The topological polar surface area (TPSA) is 72.8 Å². The second kappa shape index (κ2) is 12.3. The Bertz CT molecular complexity index is 1150. The normalized spacial score (nSPS) is 12.1. The summed E-state index contributed by atoms with van der Waals surface area (Å²) in [6, 6.07) is 26.3. The molecular formula is C28H31NO4S. The number of aliphatic imine (C=N–C) groups is 1. The van der Waals surface area contributed by atoms with E-state index >= 15 is 0 Å². The Morgan fingerprint density at radius 2 is 1.41 bits per heavy atom. The molecule has 1 unspecified atom stereocenters. The minimum atomic E-state index is -3.34. The monoisotopic (exact) mass is 477 g/mol. The molecule has 3 aromatic rings. The zero-order valence-corrected chi connectivity index (χ0v) is 20.5. The van der Waals surface area contributed by atoms with Crippen LogP contribution in [-0.2, 0) is 19.4 Å². The van der Waals surface area contributed by atoms with Crippen LogP contribution in [0.25, 0.3) is 0 Å². The maximum Gasteiger partial charge on any atom is 0.307 e. The molecule has 0 amide bonds. The van der Waals surface area contributed by atoms with Gasteiger partial charge in [0.05, 0.1) is 35.9 Å². The minimum absolute atomic E-state index is 0.0644. The predicted octanol–water partition coefficient (Wildman–Crippen LogP) is 5.41. The van der Waals surface area contributed by atoms with Gasteiger partial charge in [0, 0.05) is 11.1 Å². The van der Waals surface area contributed by atoms with Crippen molar-refractivity contribution >= 4 is 21.5 Å². The van der Waals surface area contributed by atoms with E-state index in [9.17, 15) is 13.2 Å². The number of aryl methyl sites for hydroxylation is 1. The van der Waals surface area contributed by atoms with E-state index in [-0.39, 0.29) is 24.2 Å². The molecule has 0 aliphatic carbocycles. The van der Waals surface area contributed by atoms with Crippen molar-refractivity contribution < 1.29 is 17.9 Å². The number of benzene rings is 3. The zero-order chi connectivity index (χ0) is 24.4. The number of esters is 1. The molecule has 6 heteroatoms. The van der Waals surface area contributed by atoms with Gasteiger partial charge in [-0.05, 0) is 31.9 Å². The van der Waals surface area contributed by atoms with E-state index in [1.54, 1.807) is 12.1 Å². The Morgan fingerprint density at radius 1 is 0.853 bits per heavy atom. The number of hydrogen-bond donors (Lipinski definition) is 0. The van der Waals surface area contributed by atoms with Crippen LogP contribution in [0.4, 0.5) is 0 Å². The molecule has 0 saturated carbocycles. The van der Waals surface area contributed by atoms with Crippen molar-refractivity contribution in [1.82, 2.24) is 0 Å². The minimum Gasteiger partial charge on any atom is -0.469 e. The standard InChI is InChI=1S/C28H31NO4S/c1-22-16-18-26(19-17-22)34(31,32)20-10-9-15-25(21-27(30)33-2)29-28(23-11-5-3-6-12-23)24-13-7-4-8-14-24/h3-8,11-14,16-19,25H,9-10,15,20-21H2,1-2H3. The Balaban J connectivity index is 1.75. The number of rotatable bonds is 11. The predicted molar refractivity (Wildman–Crippen MR) is 136 cm³/mol. The number of methoxy groups -OCH3 is 1. The summed E-state index contributed by atoms with van der Waals surface area (Å²) in [5.74, 6) is -0.268. The summed E-state index contributed by atoms with van der Waals surface area (Å²) in [4.78, 5) is 17.4. The van der Waals surface area contributed by atoms with E-state index in [2.05, 4.69) is 0 Å². The Morgan fingerprint density at radius 3 is 1.94 bits per heavy atom. The third kappa shape index (κ3) is 7.39. The van der Waals surface area contributed by atoms with Gasteiger partial charge in [0.15, 0.2) is 9.84 Å². The zero-order valence-electron chi connectivity index (χ0n) is 19.7. The molecular weight excluding hydrogens is 446 g/mol. The molecule has 5 nitrogen and oxygen atoms in total. The fraction of sp³-hybridized carbons (Fsp3) is 0.286. The van der Waals surface area contributed by atoms with Gasteiger partial charge in [0.1, 0.15) is 0 Å². The Kier molecular flexibility index (Phi) is 9.16. The van der Waals surface area contributed by atoms with E-state index < -0.39 is 9.84 Å². The van der Waals surface area contributed by atoms with E-state index in [1.165, 1.54) is 7.11 Å². The van der Waals surface area contributed by atoms with Crippen molar-refractivity contribution in [2.24, 2.45) is 4.99 Å². The Labute approximate surface area is 202 Å². The first-order valence-corrected chi connectivity index (χ1v) is 13.1. The number of carbonyl (C=O) groups is 1. The first kappa shape index (κ1) is 25.4. The van der Waals surface area contributed by atoms with Gasteiger partial charge >= 0.3 is 5.97 Å². The van der Waals surface area contributed by atoms with Gasteiger partial charge in [-0.3, -0.25) is 9.79 Å². The van der Waals surface area contributed by atoms with Crippen molar-refractivity contribution in [1.29, 1.82) is 0 Å². The smallest absolute Gasteiger partial charge is 0.307 e. The number of ether oxygens (including phenoxy) is 1. The average Bonchev–Trinajstić information content (AvgIpc) is 2.86. The first-order valence-electron chi connectivity index (χ1n) is 11.4. The summed E-state index contributed by atoms with van der Waals surface area (Å²) in [6.45, 7) is 1.93. The quantitative estimate of drug-likeness (QED) is 0.210. The van der Waals surface area contributed by atoms with Gasteiger partial charge in [-0.25, -0.2) is 8.42 Å². The second-order valence-electron chi connectivity index (χ2n) is 8.27. The average molecular weight is 478 g/mol. The van der Waals surface area contributed by atoms with Gasteiger partial charge in [-0.1, -0.05) is 84.8 Å². The maximum atomic E-state index is 12.7. The van der Waals surface area contributed by atoms with Gasteiger partial charge < -0.3 is 4.74 Å². The highest BCUT2D eigenvalue weighted by Gasteiger charge is 2.18. The van der Waals surface area contributed by atoms with Gasteiger partial charge in [0.2, 0.25) is 0 Å². The van der Waals surface area contributed by atoms with Gasteiger partial charge in [-0.15, -0.1) is 0 Å². The molecule has 0 aromatic heterocycles. The van der Waals surface area contributed by atoms with Crippen LogP contribution in [0.5, 0.6) is 0 Å². The van der Waals surface area contributed by atoms with Gasteiger partial charge in [0.25, 0.3) is 0 Å². The number of sulfone groups is 1. The molecule has 0 radical (unpaired) electrons. The second-order valence-corrected chi connectivity index (χ2v) is 10.4. The maximum absolute atomic E-state index is 12.7. The molecule has 0 heterocycles. The molecule has 0 bridgehead atoms. The first-order chi connectivity index (χ1) is 16.4. The van der Waals surface area contributed by atoms with E-state index in [0.717, 1.165) is 22.4 Å². The van der Waals surface area contributed by atoms with Crippen LogP contribution in [-0.4, -0.2) is 39.0 Å². The molecule has 1 atom stereocenters. The number of hydrogen-bond acceptors (Lipinski definition) is 5. The summed E-state index contributed by atoms with van der Waals surface area (Å²) in [5.41, 5.74) is 3.76. The lowest BCUT2D eigenvalue weighted by molar-refractivity contribution is -0.141. The lowest BCUT2D eigenvalue weighted by Gasteiger charge is -2.15. The van der Waals surface area contributed by atoms with Crippen molar-refractivity contribution in [2.45, 2.75) is 43.5 Å². The molecule has 3 aromatic carbocycles. The fourth-order valence-electron chi connectivity index (χ4n) is 3.71. The molecule has 178 valence electrons. The summed E-state index contributed by atoms with van der Waals surface area (Å²) in [7, 11) is -1.97. The summed E-state index contributed by atoms with van der Waals surface area (Å²) >= 11 is 0. The highest BCUT2D eigenvalue weighted by molar-refractivity contribution is 7.91. The summed E-state index contributed by atoms with van der Waals surface area (Å²) < 4.78 is 30.2. The highest BCUT2D eigenvalue weighted by Crippen LogP contribution is 2.19. The van der Waals surface area contributed by atoms with Gasteiger partial charge in [-0.2, -0.15) is 0 Å². The molecule has 3 rings (SSSR count). The van der Waals surface area contributed by atoms with Crippen molar-refractivity contribution in [3.8, 4) is 0 Å². The molecule has 0 saturated heterocycles. The number of carbonyl (C=O) groups excluding carboxylic acids is 1. The van der Waals surface area contributed by atoms with Crippen molar-refractivity contribution in [3.63, 3.8) is 0 Å². The molecule has 0 aliphatic rings. The van der Waals surface area contributed by atoms with E-state index in [1.807, 2.05) is 79.7 Å². The fourth-order valence-corrected chi connectivity index (χ4v) is 5.08. The molecule has 0 N–H and O–H groups in total. The number of unbranched alkanes of at least 4 members (excludes halogenated alkanes) is 1. The van der Waals surface area contributed by atoms with Crippen LogP contribution in [0.1, 0.15) is 42.4 Å². The lowest BCUT2D eigenvalue weighted by atomic mass is 10.0. The van der Waals surface area contributed by atoms with Crippen LogP contribution in [0.2, 0.25) is 0 Å². The van der Waals surface area contributed by atoms with Crippen LogP contribution < -0.4 is 0 Å². The van der Waals surface area contributed by atoms with Crippen molar-refractivity contribution in [2.75, 3.05) is 12.9 Å². The van der Waals surface area contributed by atoms with E-state index in [0.29, 0.717) is 24.2 Å². The molecule has 0 aliphatic heterocycles. The van der Waals surface area contributed by atoms with Crippen LogP contribution in [0.15, 0.2) is 94.8 Å². The lowest BCUT2D eigenvalue weighted by Crippen LogP contribution is -2.17. The largest absolute Gasteiger partial charge is 0.469 e. The summed E-state index contributed by atoms with van der Waals surface area (Å²) in [6.07, 6.45) is 1.86. The third-order valence-electron chi connectivity index (χ3n) is 5.62. The highest BCUT2D eigenvalue weighted by atomic mass is 32.2. The third-order valence-corrected chi connectivity index (χ3v) is 7.43. The SMILES string of the molecule is COC(=O)CC(CCCCS(=O)(=O)c1ccc(C)cc1)N=C(c1ccccc1)c1ccccc1. The summed E-state index contributed by atoms with van der Waals surface area (Å²) in [5, 5.41) is 0. The molecule has 0 fully saturated rings. The Hall–Kier alpha value is -3.25. The molecule has 0 spiro atoms. The number of nitrogens with zero attached hydrogens (tertiary/aromatic N) is 1. The van der Waals surface area contributed by atoms with Crippen molar-refractivity contribution in [3.05, 3.63) is 102 Å². The van der Waals surface area contributed by atoms with E-state index in [4.69, 9.17) is 9.73 Å².